The number of ether oxygens (including phenoxy) is 1. The molecule has 1 unspecified atom stereocenters. The van der Waals surface area contributed by atoms with E-state index in [1.807, 2.05) is 26.0 Å². The molecule has 1 N–H and O–H groups in total. The normalized spacial score (nSPS) is 12.2. The minimum absolute atomic E-state index is 0.0945. The summed E-state index contributed by atoms with van der Waals surface area (Å²) in [5, 5.41) is 3.53. The van der Waals surface area contributed by atoms with Gasteiger partial charge < -0.3 is 10.1 Å². The lowest BCUT2D eigenvalue weighted by Crippen LogP contribution is -2.22. The molecule has 0 saturated carbocycles. The molecular weight excluding hydrogens is 289 g/mol. The lowest BCUT2D eigenvalue weighted by Gasteiger charge is -2.22. The second-order valence-electron chi connectivity index (χ2n) is 4.91. The van der Waals surface area contributed by atoms with E-state index in [9.17, 15) is 4.39 Å². The van der Waals surface area contributed by atoms with Crippen LogP contribution in [-0.4, -0.2) is 13.7 Å². The van der Waals surface area contributed by atoms with Crippen LogP contribution in [0.15, 0.2) is 36.4 Å². The van der Waals surface area contributed by atoms with Gasteiger partial charge in [-0.25, -0.2) is 4.39 Å². The number of methoxy groups -OCH3 is 1. The van der Waals surface area contributed by atoms with Crippen molar-refractivity contribution in [3.63, 3.8) is 0 Å². The van der Waals surface area contributed by atoms with Crippen LogP contribution in [-0.2, 0) is 0 Å². The Bertz CT molecular complexity index is 630. The summed E-state index contributed by atoms with van der Waals surface area (Å²) in [6.07, 6.45) is 0. The Labute approximate surface area is 129 Å². The molecule has 0 bridgehead atoms. The van der Waals surface area contributed by atoms with E-state index in [1.165, 1.54) is 6.07 Å². The average molecular weight is 308 g/mol. The maximum Gasteiger partial charge on any atom is 0.141 e. The van der Waals surface area contributed by atoms with E-state index >= 15 is 0 Å². The van der Waals surface area contributed by atoms with Crippen molar-refractivity contribution in [2.24, 2.45) is 0 Å². The molecule has 2 nitrogen and oxygen atoms in total. The highest BCUT2D eigenvalue weighted by Crippen LogP contribution is 2.32. The topological polar surface area (TPSA) is 21.3 Å². The van der Waals surface area contributed by atoms with Crippen molar-refractivity contribution in [2.75, 3.05) is 13.7 Å². The van der Waals surface area contributed by atoms with Crippen molar-refractivity contribution >= 4 is 11.6 Å². The maximum absolute atomic E-state index is 13.4. The molecule has 21 heavy (non-hydrogen) atoms. The molecule has 2 aromatic carbocycles. The molecule has 2 rings (SSSR count). The molecule has 4 heteroatoms. The average Bonchev–Trinajstić information content (AvgIpc) is 2.48. The highest BCUT2D eigenvalue weighted by Gasteiger charge is 2.18. The van der Waals surface area contributed by atoms with E-state index in [4.69, 9.17) is 16.3 Å². The largest absolute Gasteiger partial charge is 0.496 e. The van der Waals surface area contributed by atoms with Crippen LogP contribution in [0.3, 0.4) is 0 Å². The quantitative estimate of drug-likeness (QED) is 0.878. The first-order valence-electron chi connectivity index (χ1n) is 6.89. The molecule has 1 atom stereocenters. The minimum atomic E-state index is -0.410. The van der Waals surface area contributed by atoms with Crippen LogP contribution in [0.5, 0.6) is 5.75 Å². The van der Waals surface area contributed by atoms with Crippen LogP contribution in [0.1, 0.15) is 29.7 Å². The summed E-state index contributed by atoms with van der Waals surface area (Å²) in [6.45, 7) is 4.83. The first-order chi connectivity index (χ1) is 10.1. The molecule has 0 amide bonds. The van der Waals surface area contributed by atoms with Crippen LogP contribution in [0, 0.1) is 12.7 Å². The first-order valence-corrected chi connectivity index (χ1v) is 7.27. The molecule has 0 aliphatic carbocycles. The van der Waals surface area contributed by atoms with Crippen molar-refractivity contribution in [2.45, 2.75) is 19.9 Å². The number of nitrogens with one attached hydrogen (secondary N) is 1. The van der Waals surface area contributed by atoms with Crippen LogP contribution in [0.25, 0.3) is 0 Å². The molecular formula is C17H19ClFNO. The zero-order chi connectivity index (χ0) is 15.4. The van der Waals surface area contributed by atoms with E-state index < -0.39 is 5.82 Å². The van der Waals surface area contributed by atoms with Gasteiger partial charge in [-0.2, -0.15) is 0 Å². The van der Waals surface area contributed by atoms with Crippen LogP contribution >= 0.6 is 11.6 Å². The maximum atomic E-state index is 13.4. The number of hydrogen-bond acceptors (Lipinski definition) is 2. The number of hydrogen-bond donors (Lipinski definition) is 1. The summed E-state index contributed by atoms with van der Waals surface area (Å²) < 4.78 is 18.8. The molecule has 0 heterocycles. The highest BCUT2D eigenvalue weighted by atomic mass is 35.5. The fraction of sp³-hybridized carbons (Fsp3) is 0.294. The summed E-state index contributed by atoms with van der Waals surface area (Å²) >= 11 is 5.92. The first kappa shape index (κ1) is 15.8. The molecule has 0 radical (unpaired) electrons. The lowest BCUT2D eigenvalue weighted by molar-refractivity contribution is 0.404. The van der Waals surface area contributed by atoms with Gasteiger partial charge in [0.1, 0.15) is 11.6 Å². The summed E-state index contributed by atoms with van der Waals surface area (Å²) in [5.74, 6) is 0.388. The van der Waals surface area contributed by atoms with Crippen LogP contribution in [0.4, 0.5) is 4.39 Å². The Morgan fingerprint density at radius 2 is 2.00 bits per heavy atom. The third kappa shape index (κ3) is 3.55. The second-order valence-corrected chi connectivity index (χ2v) is 5.32. The Hall–Kier alpha value is -1.58. The van der Waals surface area contributed by atoms with E-state index in [2.05, 4.69) is 11.4 Å². The van der Waals surface area contributed by atoms with Crippen molar-refractivity contribution < 1.29 is 9.13 Å². The van der Waals surface area contributed by atoms with Crippen LogP contribution < -0.4 is 10.1 Å². The van der Waals surface area contributed by atoms with Gasteiger partial charge in [-0.15, -0.1) is 0 Å². The van der Waals surface area contributed by atoms with E-state index in [-0.39, 0.29) is 11.1 Å². The smallest absolute Gasteiger partial charge is 0.141 e. The molecule has 0 saturated heterocycles. The van der Waals surface area contributed by atoms with Crippen molar-refractivity contribution in [3.05, 3.63) is 63.9 Å². The number of rotatable bonds is 5. The predicted octanol–water partition coefficient (Wildman–Crippen LogP) is 4.50. The van der Waals surface area contributed by atoms with E-state index in [0.29, 0.717) is 0 Å². The Morgan fingerprint density at radius 3 is 2.62 bits per heavy atom. The molecule has 0 aromatic heterocycles. The number of halogens is 2. The van der Waals surface area contributed by atoms with Crippen LogP contribution in [0.2, 0.25) is 5.02 Å². The molecule has 112 valence electrons. The lowest BCUT2D eigenvalue weighted by atomic mass is 9.96. The Kier molecular flexibility index (Phi) is 5.21. The predicted molar refractivity (Wildman–Crippen MR) is 84.7 cm³/mol. The minimum Gasteiger partial charge on any atom is -0.496 e. The number of benzene rings is 2. The highest BCUT2D eigenvalue weighted by molar-refractivity contribution is 6.30. The molecule has 0 spiro atoms. The second kappa shape index (κ2) is 6.92. The van der Waals surface area contributed by atoms with Gasteiger partial charge in [-0.1, -0.05) is 42.3 Å². The van der Waals surface area contributed by atoms with Gasteiger partial charge in [0.15, 0.2) is 0 Å². The molecule has 0 aliphatic heterocycles. The summed E-state index contributed by atoms with van der Waals surface area (Å²) in [4.78, 5) is 0. The van der Waals surface area contributed by atoms with Gasteiger partial charge in [0.2, 0.25) is 0 Å². The third-order valence-electron chi connectivity index (χ3n) is 3.38. The fourth-order valence-electron chi connectivity index (χ4n) is 2.38. The van der Waals surface area contributed by atoms with Crippen molar-refractivity contribution in [3.8, 4) is 5.75 Å². The van der Waals surface area contributed by atoms with Gasteiger partial charge in [0, 0.05) is 5.56 Å². The standard InChI is InChI=1S/C17H19ClFNO/c1-4-20-17(12-6-7-15(19)14(18)10-12)13-9-11(2)5-8-16(13)21-3/h5-10,17,20H,4H2,1-3H3. The molecule has 0 aliphatic rings. The number of aryl methyl sites for hydroxylation is 1. The van der Waals surface area contributed by atoms with Gasteiger partial charge in [0.25, 0.3) is 0 Å². The van der Waals surface area contributed by atoms with Gasteiger partial charge >= 0.3 is 0 Å². The van der Waals surface area contributed by atoms with E-state index in [0.717, 1.165) is 29.0 Å². The fourth-order valence-corrected chi connectivity index (χ4v) is 2.57. The van der Waals surface area contributed by atoms with Gasteiger partial charge in [0.05, 0.1) is 18.2 Å². The van der Waals surface area contributed by atoms with Gasteiger partial charge in [-0.05, 0) is 37.2 Å². The van der Waals surface area contributed by atoms with Gasteiger partial charge in [-0.3, -0.25) is 0 Å². The molecule has 2 aromatic rings. The van der Waals surface area contributed by atoms with Crippen molar-refractivity contribution in [1.82, 2.24) is 5.32 Å². The zero-order valence-electron chi connectivity index (χ0n) is 12.4. The Morgan fingerprint density at radius 1 is 1.24 bits per heavy atom. The van der Waals surface area contributed by atoms with Crippen molar-refractivity contribution in [1.29, 1.82) is 0 Å². The molecule has 0 fully saturated rings. The van der Waals surface area contributed by atoms with E-state index in [1.54, 1.807) is 19.2 Å². The summed E-state index contributed by atoms with van der Waals surface area (Å²) in [7, 11) is 1.65. The zero-order valence-corrected chi connectivity index (χ0v) is 13.2. The Balaban J connectivity index is 2.52. The summed E-state index contributed by atoms with van der Waals surface area (Å²) in [5.41, 5.74) is 3.07. The monoisotopic (exact) mass is 307 g/mol. The SMILES string of the molecule is CCNC(c1ccc(F)c(Cl)c1)c1cc(C)ccc1OC. The summed E-state index contributed by atoms with van der Waals surface area (Å²) in [6, 6.07) is 10.7. The third-order valence-corrected chi connectivity index (χ3v) is 3.67.